The molecule has 0 spiro atoms. The van der Waals surface area contributed by atoms with Gasteiger partial charge in [-0.2, -0.15) is 5.10 Å². The number of methoxy groups -OCH3 is 2. The van der Waals surface area contributed by atoms with Crippen LogP contribution in [0.5, 0.6) is 17.2 Å². The Morgan fingerprint density at radius 3 is 2.48 bits per heavy atom. The smallest absolute Gasteiger partial charge is 0.161 e. The van der Waals surface area contributed by atoms with E-state index < -0.39 is 0 Å². The van der Waals surface area contributed by atoms with Gasteiger partial charge in [0.2, 0.25) is 0 Å². The fourth-order valence-electron chi connectivity index (χ4n) is 3.84. The minimum atomic E-state index is 0.480. The summed E-state index contributed by atoms with van der Waals surface area (Å²) >= 11 is 0. The third kappa shape index (κ3) is 5.40. The van der Waals surface area contributed by atoms with Crippen LogP contribution in [0.25, 0.3) is 11.3 Å². The van der Waals surface area contributed by atoms with Gasteiger partial charge >= 0.3 is 0 Å². The van der Waals surface area contributed by atoms with Gasteiger partial charge in [0, 0.05) is 35.9 Å². The van der Waals surface area contributed by atoms with Crippen molar-refractivity contribution in [1.82, 2.24) is 10.2 Å². The fraction of sp³-hybridized carbons (Fsp3) is 0.400. The van der Waals surface area contributed by atoms with Crippen LogP contribution in [0.15, 0.2) is 36.4 Å². The van der Waals surface area contributed by atoms with Crippen LogP contribution in [0.3, 0.4) is 0 Å². The number of benzene rings is 2. The second kappa shape index (κ2) is 11.1. The lowest BCUT2D eigenvalue weighted by molar-refractivity contribution is 0.0366. The normalized spacial score (nSPS) is 11.7. The number of fused-ring (bicyclic) bond motifs is 3. The first-order chi connectivity index (χ1) is 16.2. The zero-order valence-electron chi connectivity index (χ0n) is 19.4. The highest BCUT2D eigenvalue weighted by atomic mass is 16.5. The van der Waals surface area contributed by atoms with Crippen molar-refractivity contribution in [3.8, 4) is 28.5 Å². The Labute approximate surface area is 194 Å². The topological polar surface area (TPSA) is 86.9 Å². The summed E-state index contributed by atoms with van der Waals surface area (Å²) in [5.74, 6) is 3.00. The summed E-state index contributed by atoms with van der Waals surface area (Å²) < 4.78 is 27.7. The molecule has 1 aliphatic carbocycles. The molecule has 0 aliphatic heterocycles. The minimum Gasteiger partial charge on any atom is -0.493 e. The van der Waals surface area contributed by atoms with Crippen LogP contribution < -0.4 is 19.5 Å². The molecule has 33 heavy (non-hydrogen) atoms. The first-order valence-corrected chi connectivity index (χ1v) is 11.2. The van der Waals surface area contributed by atoms with E-state index in [2.05, 4.69) is 22.4 Å². The van der Waals surface area contributed by atoms with Gasteiger partial charge in [0.05, 0.1) is 39.7 Å². The Bertz CT molecular complexity index is 1070. The molecule has 0 amide bonds. The van der Waals surface area contributed by atoms with Crippen molar-refractivity contribution in [2.24, 2.45) is 0 Å². The lowest BCUT2D eigenvalue weighted by atomic mass is 10.1. The summed E-state index contributed by atoms with van der Waals surface area (Å²) in [6, 6.07) is 11.9. The molecule has 0 unspecified atom stereocenters. The van der Waals surface area contributed by atoms with Crippen LogP contribution in [-0.4, -0.2) is 57.5 Å². The van der Waals surface area contributed by atoms with Crippen LogP contribution in [0.4, 0.5) is 11.5 Å². The molecule has 4 rings (SSSR count). The van der Waals surface area contributed by atoms with Gasteiger partial charge in [-0.05, 0) is 36.2 Å². The number of H-pyrrole nitrogens is 1. The number of ether oxygens (including phenoxy) is 5. The number of aromatic amines is 1. The zero-order chi connectivity index (χ0) is 23.0. The number of nitrogens with one attached hydrogen (secondary N) is 2. The van der Waals surface area contributed by atoms with E-state index in [4.69, 9.17) is 23.7 Å². The number of hydrogen-bond donors (Lipinski definition) is 2. The minimum absolute atomic E-state index is 0.480. The van der Waals surface area contributed by atoms with Crippen molar-refractivity contribution >= 4 is 11.5 Å². The summed E-state index contributed by atoms with van der Waals surface area (Å²) in [5, 5.41) is 11.1. The highest BCUT2D eigenvalue weighted by Gasteiger charge is 2.26. The summed E-state index contributed by atoms with van der Waals surface area (Å²) in [4.78, 5) is 0. The molecule has 8 nitrogen and oxygen atoms in total. The van der Waals surface area contributed by atoms with Crippen molar-refractivity contribution in [3.05, 3.63) is 47.5 Å². The van der Waals surface area contributed by atoms with Gasteiger partial charge in [0.15, 0.2) is 17.3 Å². The van der Waals surface area contributed by atoms with E-state index in [-0.39, 0.29) is 0 Å². The van der Waals surface area contributed by atoms with E-state index in [1.54, 1.807) is 14.2 Å². The molecular weight excluding hydrogens is 422 g/mol. The SMILES string of the molecule is CCCOCCOCCOc1cccc(Nc2n[nH]c3c2Cc2cc(OC)c(OC)cc2-3)c1. The number of aromatic nitrogens is 2. The largest absolute Gasteiger partial charge is 0.493 e. The van der Waals surface area contributed by atoms with E-state index in [0.717, 1.165) is 59.3 Å². The van der Waals surface area contributed by atoms with Gasteiger partial charge in [-0.25, -0.2) is 0 Å². The third-order valence-electron chi connectivity index (χ3n) is 5.43. The van der Waals surface area contributed by atoms with Crippen molar-refractivity contribution < 1.29 is 23.7 Å². The molecule has 1 aromatic heterocycles. The van der Waals surface area contributed by atoms with Gasteiger partial charge in [-0.3, -0.25) is 5.10 Å². The molecule has 8 heteroatoms. The maximum atomic E-state index is 5.83. The van der Waals surface area contributed by atoms with Crippen LogP contribution in [-0.2, 0) is 15.9 Å². The van der Waals surface area contributed by atoms with E-state index in [9.17, 15) is 0 Å². The first-order valence-electron chi connectivity index (χ1n) is 11.2. The molecule has 3 aromatic rings. The third-order valence-corrected chi connectivity index (χ3v) is 5.43. The molecule has 0 saturated carbocycles. The van der Waals surface area contributed by atoms with Crippen LogP contribution in [0, 0.1) is 0 Å². The number of rotatable bonds is 13. The maximum Gasteiger partial charge on any atom is 0.161 e. The van der Waals surface area contributed by atoms with Crippen molar-refractivity contribution in [2.45, 2.75) is 19.8 Å². The van der Waals surface area contributed by atoms with Gasteiger partial charge < -0.3 is 29.0 Å². The molecule has 1 heterocycles. The zero-order valence-corrected chi connectivity index (χ0v) is 19.4. The quantitative estimate of drug-likeness (QED) is 0.287. The van der Waals surface area contributed by atoms with Crippen LogP contribution in [0.1, 0.15) is 24.5 Å². The number of hydrogen-bond acceptors (Lipinski definition) is 7. The highest BCUT2D eigenvalue weighted by Crippen LogP contribution is 2.44. The monoisotopic (exact) mass is 453 g/mol. The van der Waals surface area contributed by atoms with Gasteiger partial charge in [0.25, 0.3) is 0 Å². The molecule has 176 valence electrons. The molecule has 0 radical (unpaired) electrons. The Kier molecular flexibility index (Phi) is 7.70. The summed E-state index contributed by atoms with van der Waals surface area (Å²) in [5.41, 5.74) is 5.28. The number of nitrogens with zero attached hydrogens (tertiary/aromatic N) is 1. The number of anilines is 2. The van der Waals surface area contributed by atoms with Crippen molar-refractivity contribution in [1.29, 1.82) is 0 Å². The average Bonchev–Trinajstić information content (AvgIpc) is 3.39. The van der Waals surface area contributed by atoms with Crippen LogP contribution in [0.2, 0.25) is 0 Å². The highest BCUT2D eigenvalue weighted by molar-refractivity contribution is 5.81. The molecule has 0 atom stereocenters. The molecule has 0 fully saturated rings. The Balaban J connectivity index is 1.35. The van der Waals surface area contributed by atoms with E-state index in [1.165, 1.54) is 5.56 Å². The standard InChI is InChI=1S/C25H31N3O5/c1-4-8-31-9-10-32-11-12-33-19-7-5-6-18(15-19)26-25-21-13-17-14-22(29-2)23(30-3)16-20(17)24(21)27-28-25/h5-7,14-16H,4,8-13H2,1-3H3,(H2,26,27,28). The van der Waals surface area contributed by atoms with Crippen LogP contribution >= 0.6 is 0 Å². The fourth-order valence-corrected chi connectivity index (χ4v) is 3.84. The predicted octanol–water partition coefficient (Wildman–Crippen LogP) is 4.56. The molecule has 1 aliphatic rings. The Hall–Kier alpha value is -3.23. The van der Waals surface area contributed by atoms with Gasteiger partial charge in [0.1, 0.15) is 12.4 Å². The van der Waals surface area contributed by atoms with Crippen molar-refractivity contribution in [3.63, 3.8) is 0 Å². The second-order valence-electron chi connectivity index (χ2n) is 7.69. The summed E-state index contributed by atoms with van der Waals surface area (Å²) in [7, 11) is 3.29. The van der Waals surface area contributed by atoms with Gasteiger partial charge in [-0.15, -0.1) is 0 Å². The summed E-state index contributed by atoms with van der Waals surface area (Å²) in [6.07, 6.45) is 1.78. The second-order valence-corrected chi connectivity index (χ2v) is 7.69. The van der Waals surface area contributed by atoms with E-state index in [0.29, 0.717) is 32.2 Å². The maximum absolute atomic E-state index is 5.83. The lowest BCUT2D eigenvalue weighted by Gasteiger charge is -2.10. The van der Waals surface area contributed by atoms with E-state index >= 15 is 0 Å². The Morgan fingerprint density at radius 2 is 1.70 bits per heavy atom. The average molecular weight is 454 g/mol. The van der Waals surface area contributed by atoms with Crippen molar-refractivity contribution in [2.75, 3.05) is 52.6 Å². The molecular formula is C25H31N3O5. The predicted molar refractivity (Wildman–Crippen MR) is 127 cm³/mol. The van der Waals surface area contributed by atoms with Gasteiger partial charge in [-0.1, -0.05) is 13.0 Å². The van der Waals surface area contributed by atoms with E-state index in [1.807, 2.05) is 36.4 Å². The lowest BCUT2D eigenvalue weighted by Crippen LogP contribution is -2.11. The molecule has 0 saturated heterocycles. The molecule has 0 bridgehead atoms. The molecule has 2 N–H and O–H groups in total. The first kappa shape index (κ1) is 22.9. The summed E-state index contributed by atoms with van der Waals surface area (Å²) in [6.45, 7) is 5.05. The Morgan fingerprint density at radius 1 is 0.939 bits per heavy atom. The molecule has 2 aromatic carbocycles.